The SMILES string of the molecule is CC(CCC1CCN(C=Cc2ccccc2)CC1)C(=O)O. The minimum Gasteiger partial charge on any atom is -0.481 e. The van der Waals surface area contributed by atoms with Crippen LogP contribution >= 0.6 is 0 Å². The molecule has 1 aromatic carbocycles. The Labute approximate surface area is 127 Å². The normalized spacial score (nSPS) is 18.0. The summed E-state index contributed by atoms with van der Waals surface area (Å²) >= 11 is 0. The van der Waals surface area contributed by atoms with E-state index in [2.05, 4.69) is 41.4 Å². The first-order valence-electron chi connectivity index (χ1n) is 7.85. The van der Waals surface area contributed by atoms with Crippen molar-refractivity contribution >= 4 is 12.0 Å². The smallest absolute Gasteiger partial charge is 0.306 e. The van der Waals surface area contributed by atoms with Crippen molar-refractivity contribution < 1.29 is 9.90 Å². The van der Waals surface area contributed by atoms with Crippen LogP contribution in [0.5, 0.6) is 0 Å². The molecule has 3 nitrogen and oxygen atoms in total. The fraction of sp³-hybridized carbons (Fsp3) is 0.500. The van der Waals surface area contributed by atoms with E-state index in [1.807, 2.05) is 6.07 Å². The van der Waals surface area contributed by atoms with Gasteiger partial charge in [0.05, 0.1) is 5.92 Å². The molecule has 1 aromatic rings. The van der Waals surface area contributed by atoms with Crippen molar-refractivity contribution in [1.82, 2.24) is 4.90 Å². The number of rotatable bonds is 6. The van der Waals surface area contributed by atoms with E-state index in [0.717, 1.165) is 25.9 Å². The van der Waals surface area contributed by atoms with Gasteiger partial charge < -0.3 is 10.0 Å². The van der Waals surface area contributed by atoms with E-state index >= 15 is 0 Å². The molecule has 0 aliphatic carbocycles. The Hall–Kier alpha value is -1.77. The Kier molecular flexibility index (Phi) is 5.85. The Morgan fingerprint density at radius 1 is 1.33 bits per heavy atom. The first-order valence-corrected chi connectivity index (χ1v) is 7.85. The van der Waals surface area contributed by atoms with Crippen molar-refractivity contribution in [3.05, 3.63) is 42.1 Å². The molecule has 0 amide bonds. The Morgan fingerprint density at radius 3 is 2.62 bits per heavy atom. The van der Waals surface area contributed by atoms with E-state index in [1.165, 1.54) is 18.4 Å². The van der Waals surface area contributed by atoms with Crippen molar-refractivity contribution in [3.8, 4) is 0 Å². The van der Waals surface area contributed by atoms with Gasteiger partial charge in [0.2, 0.25) is 0 Å². The summed E-state index contributed by atoms with van der Waals surface area (Å²) in [5.74, 6) is -0.188. The molecule has 0 spiro atoms. The summed E-state index contributed by atoms with van der Waals surface area (Å²) in [5, 5.41) is 8.91. The van der Waals surface area contributed by atoms with Crippen LogP contribution in [-0.2, 0) is 4.79 Å². The maximum absolute atomic E-state index is 10.8. The van der Waals surface area contributed by atoms with E-state index < -0.39 is 5.97 Å². The molecule has 3 heteroatoms. The monoisotopic (exact) mass is 287 g/mol. The molecular formula is C18H25NO2. The van der Waals surface area contributed by atoms with Crippen LogP contribution in [0.3, 0.4) is 0 Å². The standard InChI is InChI=1S/C18H25NO2/c1-15(18(20)21)7-8-17-10-13-19(14-11-17)12-9-16-5-3-2-4-6-16/h2-6,9,12,15,17H,7-8,10-11,13-14H2,1H3,(H,20,21). The van der Waals surface area contributed by atoms with Crippen LogP contribution in [0.25, 0.3) is 6.08 Å². The fourth-order valence-electron chi connectivity index (χ4n) is 2.76. The number of benzene rings is 1. The Bertz CT molecular complexity index is 461. The Morgan fingerprint density at radius 2 is 2.00 bits per heavy atom. The van der Waals surface area contributed by atoms with Crippen LogP contribution in [0.2, 0.25) is 0 Å². The summed E-state index contributed by atoms with van der Waals surface area (Å²) in [6.07, 6.45) is 8.54. The van der Waals surface area contributed by atoms with Crippen LogP contribution in [0.4, 0.5) is 0 Å². The number of aliphatic carboxylic acids is 1. The molecule has 0 bridgehead atoms. The highest BCUT2D eigenvalue weighted by atomic mass is 16.4. The van der Waals surface area contributed by atoms with Gasteiger partial charge in [-0.3, -0.25) is 4.79 Å². The lowest BCUT2D eigenvalue weighted by Crippen LogP contribution is -2.29. The average Bonchev–Trinajstić information content (AvgIpc) is 2.52. The molecule has 1 fully saturated rings. The molecular weight excluding hydrogens is 262 g/mol. The number of hydrogen-bond acceptors (Lipinski definition) is 2. The topological polar surface area (TPSA) is 40.5 Å². The van der Waals surface area contributed by atoms with Gasteiger partial charge in [-0.25, -0.2) is 0 Å². The lowest BCUT2D eigenvalue weighted by atomic mass is 9.89. The molecule has 2 rings (SSSR count). The van der Waals surface area contributed by atoms with Crippen molar-refractivity contribution in [2.75, 3.05) is 13.1 Å². The van der Waals surface area contributed by atoms with Crippen molar-refractivity contribution in [2.24, 2.45) is 11.8 Å². The summed E-state index contributed by atoms with van der Waals surface area (Å²) in [6, 6.07) is 10.3. The highest BCUT2D eigenvalue weighted by molar-refractivity contribution is 5.69. The number of nitrogens with zero attached hydrogens (tertiary/aromatic N) is 1. The van der Waals surface area contributed by atoms with Gasteiger partial charge in [-0.05, 0) is 49.4 Å². The molecule has 1 N–H and O–H groups in total. The highest BCUT2D eigenvalue weighted by Gasteiger charge is 2.19. The zero-order valence-corrected chi connectivity index (χ0v) is 12.7. The molecule has 114 valence electrons. The molecule has 0 saturated carbocycles. The lowest BCUT2D eigenvalue weighted by Gasteiger charge is -2.31. The molecule has 0 radical (unpaired) electrons. The summed E-state index contributed by atoms with van der Waals surface area (Å²) in [6.45, 7) is 3.96. The third-order valence-corrected chi connectivity index (χ3v) is 4.36. The minimum absolute atomic E-state index is 0.207. The second kappa shape index (κ2) is 7.87. The van der Waals surface area contributed by atoms with Crippen molar-refractivity contribution in [2.45, 2.75) is 32.6 Å². The molecule has 21 heavy (non-hydrogen) atoms. The molecule has 1 saturated heterocycles. The quantitative estimate of drug-likeness (QED) is 0.863. The summed E-state index contributed by atoms with van der Waals surface area (Å²) < 4.78 is 0. The Balaban J connectivity index is 1.71. The number of carboxylic acid groups (broad SMARTS) is 1. The minimum atomic E-state index is -0.668. The average molecular weight is 287 g/mol. The van der Waals surface area contributed by atoms with Crippen LogP contribution in [0.1, 0.15) is 38.2 Å². The van der Waals surface area contributed by atoms with Gasteiger partial charge in [0.15, 0.2) is 0 Å². The van der Waals surface area contributed by atoms with E-state index in [9.17, 15) is 4.79 Å². The van der Waals surface area contributed by atoms with Crippen LogP contribution in [0, 0.1) is 11.8 Å². The van der Waals surface area contributed by atoms with Gasteiger partial charge in [0.1, 0.15) is 0 Å². The van der Waals surface area contributed by atoms with Gasteiger partial charge in [-0.2, -0.15) is 0 Å². The second-order valence-electron chi connectivity index (χ2n) is 6.02. The number of piperidine rings is 1. The summed E-state index contributed by atoms with van der Waals surface area (Å²) in [7, 11) is 0. The predicted molar refractivity (Wildman–Crippen MR) is 85.8 cm³/mol. The van der Waals surface area contributed by atoms with Gasteiger partial charge >= 0.3 is 5.97 Å². The number of carboxylic acids is 1. The fourth-order valence-corrected chi connectivity index (χ4v) is 2.76. The van der Waals surface area contributed by atoms with E-state index in [0.29, 0.717) is 5.92 Å². The zero-order valence-electron chi connectivity index (χ0n) is 12.7. The predicted octanol–water partition coefficient (Wildman–Crippen LogP) is 3.87. The largest absolute Gasteiger partial charge is 0.481 e. The third kappa shape index (κ3) is 5.25. The van der Waals surface area contributed by atoms with E-state index in [1.54, 1.807) is 6.92 Å². The summed E-state index contributed by atoms with van der Waals surface area (Å²) in [4.78, 5) is 13.2. The van der Waals surface area contributed by atoms with Gasteiger partial charge in [-0.1, -0.05) is 37.3 Å². The van der Waals surface area contributed by atoms with Crippen molar-refractivity contribution in [3.63, 3.8) is 0 Å². The molecule has 1 unspecified atom stereocenters. The van der Waals surface area contributed by atoms with E-state index in [4.69, 9.17) is 5.11 Å². The molecule has 1 aliphatic rings. The number of carbonyl (C=O) groups is 1. The van der Waals surface area contributed by atoms with Gasteiger partial charge in [0, 0.05) is 13.1 Å². The first-order chi connectivity index (χ1) is 10.1. The van der Waals surface area contributed by atoms with Crippen LogP contribution in [-0.4, -0.2) is 29.1 Å². The second-order valence-corrected chi connectivity index (χ2v) is 6.02. The molecule has 1 atom stereocenters. The highest BCUT2D eigenvalue weighted by Crippen LogP contribution is 2.24. The first kappa shape index (κ1) is 15.6. The van der Waals surface area contributed by atoms with Gasteiger partial charge in [-0.15, -0.1) is 0 Å². The van der Waals surface area contributed by atoms with Crippen LogP contribution in [0.15, 0.2) is 36.5 Å². The maximum Gasteiger partial charge on any atom is 0.306 e. The van der Waals surface area contributed by atoms with Crippen LogP contribution < -0.4 is 0 Å². The molecule has 1 aliphatic heterocycles. The number of hydrogen-bond donors (Lipinski definition) is 1. The molecule has 0 aromatic heterocycles. The lowest BCUT2D eigenvalue weighted by molar-refractivity contribution is -0.141. The van der Waals surface area contributed by atoms with E-state index in [-0.39, 0.29) is 5.92 Å². The zero-order chi connectivity index (χ0) is 15.1. The molecule has 1 heterocycles. The van der Waals surface area contributed by atoms with Gasteiger partial charge in [0.25, 0.3) is 0 Å². The van der Waals surface area contributed by atoms with Crippen molar-refractivity contribution in [1.29, 1.82) is 0 Å². The third-order valence-electron chi connectivity index (χ3n) is 4.36. The number of likely N-dealkylation sites (tertiary alicyclic amines) is 1. The summed E-state index contributed by atoms with van der Waals surface area (Å²) in [5.41, 5.74) is 1.23. The maximum atomic E-state index is 10.8.